The molecule has 2 N–H and O–H groups in total. The van der Waals surface area contributed by atoms with Crippen LogP contribution in [0, 0.1) is 0 Å². The van der Waals surface area contributed by atoms with Crippen molar-refractivity contribution in [3.8, 4) is 0 Å². The van der Waals surface area contributed by atoms with Crippen LogP contribution in [0.3, 0.4) is 0 Å². The van der Waals surface area contributed by atoms with E-state index in [0.29, 0.717) is 17.2 Å². The van der Waals surface area contributed by atoms with Gasteiger partial charge in [-0.05, 0) is 31.4 Å². The van der Waals surface area contributed by atoms with Gasteiger partial charge in [0.25, 0.3) is 0 Å². The number of rotatable bonds is 3. The first-order valence-electron chi connectivity index (χ1n) is 5.52. The van der Waals surface area contributed by atoms with Crippen LogP contribution in [0.25, 0.3) is 0 Å². The largest absolute Gasteiger partial charge is 0.459 e. The van der Waals surface area contributed by atoms with E-state index in [-0.39, 0.29) is 12.1 Å². The highest BCUT2D eigenvalue weighted by atomic mass is 16.5. The minimum absolute atomic E-state index is 0.130. The molecule has 0 amide bonds. The number of anilines is 1. The van der Waals surface area contributed by atoms with E-state index in [4.69, 9.17) is 10.5 Å². The van der Waals surface area contributed by atoms with Gasteiger partial charge in [-0.1, -0.05) is 26.0 Å². The van der Waals surface area contributed by atoms with E-state index in [0.717, 1.165) is 5.56 Å². The number of benzene rings is 1. The lowest BCUT2D eigenvalue weighted by molar-refractivity contribution is 0.0379. The molecule has 88 valence electrons. The molecule has 1 rings (SSSR count). The third-order valence-electron chi connectivity index (χ3n) is 2.32. The maximum absolute atomic E-state index is 11.7. The number of esters is 1. The lowest BCUT2D eigenvalue weighted by Crippen LogP contribution is -2.14. The summed E-state index contributed by atoms with van der Waals surface area (Å²) in [7, 11) is 0. The molecule has 1 aromatic rings. The average molecular weight is 221 g/mol. The Balaban J connectivity index is 3.06. The molecule has 0 saturated carbocycles. The summed E-state index contributed by atoms with van der Waals surface area (Å²) >= 11 is 0. The van der Waals surface area contributed by atoms with Crippen molar-refractivity contribution in [1.29, 1.82) is 0 Å². The number of ether oxygens (including phenoxy) is 1. The van der Waals surface area contributed by atoms with Crippen molar-refractivity contribution < 1.29 is 9.53 Å². The second-order valence-corrected chi connectivity index (χ2v) is 4.42. The van der Waals surface area contributed by atoms with Crippen molar-refractivity contribution in [1.82, 2.24) is 0 Å². The molecule has 0 aliphatic carbocycles. The zero-order valence-corrected chi connectivity index (χ0v) is 10.3. The Morgan fingerprint density at radius 3 is 2.38 bits per heavy atom. The highest BCUT2D eigenvalue weighted by Gasteiger charge is 2.16. The van der Waals surface area contributed by atoms with Crippen molar-refractivity contribution in [3.05, 3.63) is 29.3 Å². The van der Waals surface area contributed by atoms with Crippen LogP contribution in [0.5, 0.6) is 0 Å². The molecule has 0 atom stereocenters. The molecule has 3 nitrogen and oxygen atoms in total. The molecule has 0 heterocycles. The Morgan fingerprint density at radius 1 is 1.25 bits per heavy atom. The van der Waals surface area contributed by atoms with Gasteiger partial charge in [0.1, 0.15) is 0 Å². The molecular formula is C13H19NO2. The van der Waals surface area contributed by atoms with Crippen LogP contribution in [0.15, 0.2) is 18.2 Å². The summed E-state index contributed by atoms with van der Waals surface area (Å²) in [6.07, 6.45) is -0.130. The van der Waals surface area contributed by atoms with Gasteiger partial charge in [-0.3, -0.25) is 0 Å². The molecule has 0 aromatic heterocycles. The third kappa shape index (κ3) is 2.75. The van der Waals surface area contributed by atoms with Crippen molar-refractivity contribution in [2.24, 2.45) is 0 Å². The highest BCUT2D eigenvalue weighted by Crippen LogP contribution is 2.25. The van der Waals surface area contributed by atoms with Crippen LogP contribution in [-0.2, 0) is 4.74 Å². The molecule has 0 fully saturated rings. The summed E-state index contributed by atoms with van der Waals surface area (Å²) in [5.74, 6) is -0.0539. The van der Waals surface area contributed by atoms with Gasteiger partial charge in [0.2, 0.25) is 0 Å². The summed E-state index contributed by atoms with van der Waals surface area (Å²) in [5, 5.41) is 0. The number of carbonyl (C=O) groups excluding carboxylic acids is 1. The van der Waals surface area contributed by atoms with E-state index in [1.165, 1.54) is 0 Å². The number of para-hydroxylation sites is 1. The first kappa shape index (κ1) is 12.6. The predicted octanol–water partition coefficient (Wildman–Crippen LogP) is 2.96. The summed E-state index contributed by atoms with van der Waals surface area (Å²) in [6, 6.07) is 5.47. The summed E-state index contributed by atoms with van der Waals surface area (Å²) in [6.45, 7) is 7.73. The predicted molar refractivity (Wildman–Crippen MR) is 65.5 cm³/mol. The van der Waals surface area contributed by atoms with E-state index >= 15 is 0 Å². The Kier molecular flexibility index (Phi) is 3.93. The lowest BCUT2D eigenvalue weighted by Gasteiger charge is -2.14. The van der Waals surface area contributed by atoms with Crippen LogP contribution in [-0.4, -0.2) is 12.1 Å². The number of hydrogen-bond donors (Lipinski definition) is 1. The van der Waals surface area contributed by atoms with E-state index < -0.39 is 0 Å². The normalized spacial score (nSPS) is 10.9. The quantitative estimate of drug-likeness (QED) is 0.630. The second kappa shape index (κ2) is 5.01. The van der Waals surface area contributed by atoms with Gasteiger partial charge in [0.15, 0.2) is 0 Å². The van der Waals surface area contributed by atoms with Gasteiger partial charge in [-0.2, -0.15) is 0 Å². The third-order valence-corrected chi connectivity index (χ3v) is 2.32. The molecule has 1 aromatic carbocycles. The van der Waals surface area contributed by atoms with Crippen molar-refractivity contribution in [3.63, 3.8) is 0 Å². The molecule has 0 bridgehead atoms. The number of nitrogen functional groups attached to an aromatic ring is 1. The number of hydrogen-bond acceptors (Lipinski definition) is 3. The fourth-order valence-electron chi connectivity index (χ4n) is 1.54. The van der Waals surface area contributed by atoms with Gasteiger partial charge >= 0.3 is 5.97 Å². The van der Waals surface area contributed by atoms with Crippen LogP contribution >= 0.6 is 0 Å². The first-order chi connectivity index (χ1) is 7.43. The van der Waals surface area contributed by atoms with Crippen LogP contribution in [0.4, 0.5) is 5.69 Å². The van der Waals surface area contributed by atoms with Crippen molar-refractivity contribution in [2.45, 2.75) is 39.7 Å². The van der Waals surface area contributed by atoms with Crippen LogP contribution in [0.1, 0.15) is 49.5 Å². The van der Waals surface area contributed by atoms with Gasteiger partial charge in [-0.15, -0.1) is 0 Å². The van der Waals surface area contributed by atoms with Gasteiger partial charge in [-0.25, -0.2) is 4.79 Å². The van der Waals surface area contributed by atoms with E-state index in [1.807, 2.05) is 39.8 Å². The number of nitrogens with two attached hydrogens (primary N) is 1. The molecular weight excluding hydrogens is 202 g/mol. The fourth-order valence-corrected chi connectivity index (χ4v) is 1.54. The maximum Gasteiger partial charge on any atom is 0.340 e. The molecule has 0 spiro atoms. The first-order valence-corrected chi connectivity index (χ1v) is 5.52. The smallest absolute Gasteiger partial charge is 0.340 e. The summed E-state index contributed by atoms with van der Waals surface area (Å²) in [5.41, 5.74) is 7.93. The SMILES string of the molecule is CC(C)OC(=O)c1cccc(C(C)C)c1N. The summed E-state index contributed by atoms with van der Waals surface area (Å²) in [4.78, 5) is 11.7. The zero-order chi connectivity index (χ0) is 12.3. The van der Waals surface area contributed by atoms with Crippen LogP contribution < -0.4 is 5.73 Å². The Hall–Kier alpha value is -1.51. The topological polar surface area (TPSA) is 52.3 Å². The van der Waals surface area contributed by atoms with Crippen molar-refractivity contribution >= 4 is 11.7 Å². The maximum atomic E-state index is 11.7. The molecule has 0 unspecified atom stereocenters. The minimum Gasteiger partial charge on any atom is -0.459 e. The van der Waals surface area contributed by atoms with Crippen molar-refractivity contribution in [2.75, 3.05) is 5.73 Å². The van der Waals surface area contributed by atoms with Gasteiger partial charge in [0, 0.05) is 5.69 Å². The standard InChI is InChI=1S/C13H19NO2/c1-8(2)10-6-5-7-11(12(10)14)13(15)16-9(3)4/h5-9H,14H2,1-4H3. The summed E-state index contributed by atoms with van der Waals surface area (Å²) < 4.78 is 5.13. The Bertz CT molecular complexity index is 384. The number of carbonyl (C=O) groups is 1. The molecule has 0 aliphatic heterocycles. The molecule has 16 heavy (non-hydrogen) atoms. The van der Waals surface area contributed by atoms with Crippen LogP contribution in [0.2, 0.25) is 0 Å². The Morgan fingerprint density at radius 2 is 1.88 bits per heavy atom. The average Bonchev–Trinajstić information content (AvgIpc) is 2.16. The van der Waals surface area contributed by atoms with E-state index in [9.17, 15) is 4.79 Å². The molecule has 3 heteroatoms. The van der Waals surface area contributed by atoms with Gasteiger partial charge in [0.05, 0.1) is 11.7 Å². The van der Waals surface area contributed by atoms with E-state index in [1.54, 1.807) is 6.07 Å². The fraction of sp³-hybridized carbons (Fsp3) is 0.462. The van der Waals surface area contributed by atoms with E-state index in [2.05, 4.69) is 0 Å². The minimum atomic E-state index is -0.352. The molecule has 0 saturated heterocycles. The highest BCUT2D eigenvalue weighted by molar-refractivity contribution is 5.96. The Labute approximate surface area is 96.6 Å². The zero-order valence-electron chi connectivity index (χ0n) is 10.3. The monoisotopic (exact) mass is 221 g/mol. The van der Waals surface area contributed by atoms with Gasteiger partial charge < -0.3 is 10.5 Å². The molecule has 0 radical (unpaired) electrons. The molecule has 0 aliphatic rings. The second-order valence-electron chi connectivity index (χ2n) is 4.42. The lowest BCUT2D eigenvalue weighted by atomic mass is 9.98.